The SMILES string of the molecule is CCc1nn(C)cc1CNCC(c1ccccc1)N(C)C. The highest BCUT2D eigenvalue weighted by molar-refractivity contribution is 5.20. The van der Waals surface area contributed by atoms with Crippen LogP contribution in [0.1, 0.15) is 29.8 Å². The molecule has 0 spiro atoms. The van der Waals surface area contributed by atoms with Gasteiger partial charge in [0.05, 0.1) is 5.69 Å². The molecular weight excluding hydrogens is 260 g/mol. The molecule has 1 aromatic carbocycles. The Bertz CT molecular complexity index is 545. The van der Waals surface area contributed by atoms with Crippen LogP contribution in [0.15, 0.2) is 36.5 Å². The van der Waals surface area contributed by atoms with Crippen LogP contribution in [0.4, 0.5) is 0 Å². The van der Waals surface area contributed by atoms with Crippen molar-refractivity contribution in [2.24, 2.45) is 7.05 Å². The number of nitrogens with one attached hydrogen (secondary N) is 1. The second-order valence-electron chi connectivity index (χ2n) is 5.65. The molecule has 2 rings (SSSR count). The number of hydrogen-bond acceptors (Lipinski definition) is 3. The first-order valence-electron chi connectivity index (χ1n) is 7.55. The van der Waals surface area contributed by atoms with Crippen LogP contribution in [0.3, 0.4) is 0 Å². The maximum atomic E-state index is 4.49. The van der Waals surface area contributed by atoms with Gasteiger partial charge in [-0.1, -0.05) is 37.3 Å². The topological polar surface area (TPSA) is 33.1 Å². The Balaban J connectivity index is 1.97. The fourth-order valence-electron chi connectivity index (χ4n) is 2.65. The second kappa shape index (κ2) is 7.38. The van der Waals surface area contributed by atoms with E-state index in [0.717, 1.165) is 19.5 Å². The molecule has 0 saturated heterocycles. The number of nitrogens with zero attached hydrogens (tertiary/aromatic N) is 3. The van der Waals surface area contributed by atoms with Crippen LogP contribution in [-0.2, 0) is 20.0 Å². The number of hydrogen-bond donors (Lipinski definition) is 1. The van der Waals surface area contributed by atoms with Crippen LogP contribution in [0, 0.1) is 0 Å². The van der Waals surface area contributed by atoms with E-state index in [1.165, 1.54) is 16.8 Å². The molecule has 0 aliphatic rings. The highest BCUT2D eigenvalue weighted by Gasteiger charge is 2.13. The molecule has 4 heteroatoms. The van der Waals surface area contributed by atoms with Crippen molar-refractivity contribution in [3.05, 3.63) is 53.3 Å². The molecule has 4 nitrogen and oxygen atoms in total. The van der Waals surface area contributed by atoms with E-state index in [4.69, 9.17) is 0 Å². The highest BCUT2D eigenvalue weighted by Crippen LogP contribution is 2.17. The molecule has 1 atom stereocenters. The molecule has 114 valence electrons. The zero-order valence-corrected chi connectivity index (χ0v) is 13.5. The van der Waals surface area contributed by atoms with Crippen LogP contribution < -0.4 is 5.32 Å². The van der Waals surface area contributed by atoms with Crippen molar-refractivity contribution in [1.82, 2.24) is 20.0 Å². The Labute approximate surface area is 127 Å². The maximum Gasteiger partial charge on any atom is 0.0666 e. The number of aryl methyl sites for hydroxylation is 2. The molecule has 1 unspecified atom stereocenters. The Kier molecular flexibility index (Phi) is 5.53. The standard InChI is InChI=1S/C17H26N4/c1-5-16-15(13-21(4)19-16)11-18-12-17(20(2)3)14-9-7-6-8-10-14/h6-10,13,17-18H,5,11-12H2,1-4H3. The van der Waals surface area contributed by atoms with Gasteiger partial charge in [0, 0.05) is 37.9 Å². The number of benzene rings is 1. The van der Waals surface area contributed by atoms with Gasteiger partial charge < -0.3 is 10.2 Å². The Morgan fingerprint density at radius 1 is 1.24 bits per heavy atom. The first-order valence-corrected chi connectivity index (χ1v) is 7.55. The summed E-state index contributed by atoms with van der Waals surface area (Å²) in [6, 6.07) is 11.0. The fourth-order valence-corrected chi connectivity index (χ4v) is 2.65. The van der Waals surface area contributed by atoms with E-state index in [1.54, 1.807) is 0 Å². The average Bonchev–Trinajstić information content (AvgIpc) is 2.84. The van der Waals surface area contributed by atoms with Crippen molar-refractivity contribution < 1.29 is 0 Å². The highest BCUT2D eigenvalue weighted by atomic mass is 15.3. The molecule has 1 N–H and O–H groups in total. The van der Waals surface area contributed by atoms with Crippen molar-refractivity contribution in [1.29, 1.82) is 0 Å². The summed E-state index contributed by atoms with van der Waals surface area (Å²) in [5.74, 6) is 0. The second-order valence-corrected chi connectivity index (χ2v) is 5.65. The van der Waals surface area contributed by atoms with Gasteiger partial charge in [-0.05, 0) is 26.1 Å². The molecule has 1 heterocycles. The lowest BCUT2D eigenvalue weighted by atomic mass is 10.1. The molecule has 1 aromatic heterocycles. The lowest BCUT2D eigenvalue weighted by Crippen LogP contribution is -2.30. The van der Waals surface area contributed by atoms with E-state index < -0.39 is 0 Å². The van der Waals surface area contributed by atoms with Gasteiger partial charge in [0.25, 0.3) is 0 Å². The third-order valence-corrected chi connectivity index (χ3v) is 3.79. The van der Waals surface area contributed by atoms with Gasteiger partial charge in [0.1, 0.15) is 0 Å². The van der Waals surface area contributed by atoms with Gasteiger partial charge in [-0.2, -0.15) is 5.10 Å². The summed E-state index contributed by atoms with van der Waals surface area (Å²) in [4.78, 5) is 2.26. The van der Waals surface area contributed by atoms with Gasteiger partial charge in [0.15, 0.2) is 0 Å². The Hall–Kier alpha value is -1.65. The molecule has 0 saturated carbocycles. The van der Waals surface area contributed by atoms with Crippen LogP contribution in [0.5, 0.6) is 0 Å². The van der Waals surface area contributed by atoms with Gasteiger partial charge in [-0.3, -0.25) is 4.68 Å². The fraction of sp³-hybridized carbons (Fsp3) is 0.471. The number of aromatic nitrogens is 2. The van der Waals surface area contributed by atoms with E-state index in [2.05, 4.69) is 72.9 Å². The van der Waals surface area contributed by atoms with Crippen LogP contribution in [0.2, 0.25) is 0 Å². The van der Waals surface area contributed by atoms with E-state index in [1.807, 2.05) is 11.7 Å². The van der Waals surface area contributed by atoms with E-state index in [9.17, 15) is 0 Å². The molecule has 0 radical (unpaired) electrons. The quantitative estimate of drug-likeness (QED) is 0.848. The van der Waals surface area contributed by atoms with Crippen molar-refractivity contribution in [3.8, 4) is 0 Å². The molecule has 0 aliphatic carbocycles. The summed E-state index contributed by atoms with van der Waals surface area (Å²) >= 11 is 0. The number of rotatable bonds is 7. The number of likely N-dealkylation sites (N-methyl/N-ethyl adjacent to an activating group) is 1. The van der Waals surface area contributed by atoms with Crippen LogP contribution in [-0.4, -0.2) is 35.3 Å². The molecule has 0 fully saturated rings. The van der Waals surface area contributed by atoms with Crippen molar-refractivity contribution in [2.75, 3.05) is 20.6 Å². The van der Waals surface area contributed by atoms with Crippen LogP contribution >= 0.6 is 0 Å². The third kappa shape index (κ3) is 4.16. The smallest absolute Gasteiger partial charge is 0.0666 e. The normalized spacial score (nSPS) is 12.8. The van der Waals surface area contributed by atoms with E-state index >= 15 is 0 Å². The Morgan fingerprint density at radius 2 is 1.95 bits per heavy atom. The molecular formula is C17H26N4. The minimum absolute atomic E-state index is 0.382. The molecule has 0 bridgehead atoms. The lowest BCUT2D eigenvalue weighted by Gasteiger charge is -2.25. The molecule has 0 amide bonds. The first kappa shape index (κ1) is 15.7. The molecule has 0 aliphatic heterocycles. The minimum Gasteiger partial charge on any atom is -0.311 e. The summed E-state index contributed by atoms with van der Waals surface area (Å²) in [7, 11) is 6.23. The van der Waals surface area contributed by atoms with Crippen molar-refractivity contribution in [2.45, 2.75) is 25.9 Å². The van der Waals surface area contributed by atoms with Gasteiger partial charge >= 0.3 is 0 Å². The zero-order chi connectivity index (χ0) is 15.2. The monoisotopic (exact) mass is 286 g/mol. The first-order chi connectivity index (χ1) is 10.1. The van der Waals surface area contributed by atoms with Crippen LogP contribution in [0.25, 0.3) is 0 Å². The largest absolute Gasteiger partial charge is 0.311 e. The predicted octanol–water partition coefficient (Wildman–Crippen LogP) is 2.38. The van der Waals surface area contributed by atoms with Crippen molar-refractivity contribution in [3.63, 3.8) is 0 Å². The van der Waals surface area contributed by atoms with E-state index in [0.29, 0.717) is 6.04 Å². The summed E-state index contributed by atoms with van der Waals surface area (Å²) in [5, 5.41) is 8.06. The summed E-state index contributed by atoms with van der Waals surface area (Å²) in [5.41, 5.74) is 3.83. The minimum atomic E-state index is 0.382. The van der Waals surface area contributed by atoms with Gasteiger partial charge in [-0.15, -0.1) is 0 Å². The lowest BCUT2D eigenvalue weighted by molar-refractivity contribution is 0.288. The van der Waals surface area contributed by atoms with E-state index in [-0.39, 0.29) is 0 Å². The van der Waals surface area contributed by atoms with Gasteiger partial charge in [-0.25, -0.2) is 0 Å². The summed E-state index contributed by atoms with van der Waals surface area (Å²) in [6.07, 6.45) is 3.09. The average molecular weight is 286 g/mol. The summed E-state index contributed by atoms with van der Waals surface area (Å²) < 4.78 is 1.90. The third-order valence-electron chi connectivity index (χ3n) is 3.79. The molecule has 2 aromatic rings. The zero-order valence-electron chi connectivity index (χ0n) is 13.5. The maximum absolute atomic E-state index is 4.49. The Morgan fingerprint density at radius 3 is 2.57 bits per heavy atom. The van der Waals surface area contributed by atoms with Crippen molar-refractivity contribution >= 4 is 0 Å². The summed E-state index contributed by atoms with van der Waals surface area (Å²) in [6.45, 7) is 3.95. The molecule has 21 heavy (non-hydrogen) atoms. The van der Waals surface area contributed by atoms with Gasteiger partial charge in [0.2, 0.25) is 0 Å². The predicted molar refractivity (Wildman–Crippen MR) is 87.2 cm³/mol.